The Balaban J connectivity index is 1.67. The van der Waals surface area contributed by atoms with Gasteiger partial charge in [-0.3, -0.25) is 9.59 Å². The molecule has 3 rings (SSSR count). The van der Waals surface area contributed by atoms with Gasteiger partial charge in [-0.15, -0.1) is 0 Å². The van der Waals surface area contributed by atoms with Gasteiger partial charge in [-0.1, -0.05) is 67.3 Å². The maximum atomic E-state index is 12.9. The van der Waals surface area contributed by atoms with E-state index in [2.05, 4.69) is 0 Å². The summed E-state index contributed by atoms with van der Waals surface area (Å²) < 4.78 is 5.27. The van der Waals surface area contributed by atoms with Crippen molar-refractivity contribution in [3.8, 4) is 0 Å². The van der Waals surface area contributed by atoms with Crippen LogP contribution in [0, 0.1) is 6.92 Å². The summed E-state index contributed by atoms with van der Waals surface area (Å²) in [6, 6.07) is 13.9. The Hall–Kier alpha value is -2.95. The second-order valence-corrected chi connectivity index (χ2v) is 7.61. The topological polar surface area (TPSA) is 63.7 Å². The Morgan fingerprint density at radius 3 is 2.21 bits per heavy atom. The van der Waals surface area contributed by atoms with Gasteiger partial charge in [-0.05, 0) is 25.8 Å². The molecule has 1 fully saturated rings. The van der Waals surface area contributed by atoms with Gasteiger partial charge in [0.15, 0.2) is 12.4 Å². The number of aryl methyl sites for hydroxylation is 1. The Morgan fingerprint density at radius 2 is 1.55 bits per heavy atom. The quantitative estimate of drug-likeness (QED) is 0.546. The minimum Gasteiger partial charge on any atom is -0.452 e. The van der Waals surface area contributed by atoms with E-state index in [1.54, 1.807) is 48.3 Å². The van der Waals surface area contributed by atoms with Crippen LogP contribution in [-0.4, -0.2) is 42.3 Å². The Labute approximate surface area is 171 Å². The van der Waals surface area contributed by atoms with Gasteiger partial charge < -0.3 is 9.64 Å². The molecule has 5 heteroatoms. The molecule has 1 amide bonds. The molecule has 2 aromatic rings. The zero-order valence-corrected chi connectivity index (χ0v) is 17.0. The molecule has 0 heterocycles. The molecule has 29 heavy (non-hydrogen) atoms. The summed E-state index contributed by atoms with van der Waals surface area (Å²) >= 11 is 0. The maximum absolute atomic E-state index is 12.9. The first-order chi connectivity index (χ1) is 14.0. The molecule has 0 aliphatic heterocycles. The number of benzene rings is 2. The number of amides is 1. The Bertz CT molecular complexity index is 882. The molecule has 0 spiro atoms. The van der Waals surface area contributed by atoms with Crippen molar-refractivity contribution in [3.05, 3.63) is 70.8 Å². The fraction of sp³-hybridized carbons (Fsp3) is 0.375. The molecule has 5 nitrogen and oxygen atoms in total. The van der Waals surface area contributed by atoms with Crippen LogP contribution >= 0.6 is 0 Å². The van der Waals surface area contributed by atoms with E-state index >= 15 is 0 Å². The summed E-state index contributed by atoms with van der Waals surface area (Å²) in [6.07, 6.45) is 5.43. The number of ketones is 1. The SMILES string of the molecule is Cc1ccc(C(=O)c2ccccc2C(=O)OCC(=O)N(C)C2CCCCC2)cc1. The molecule has 0 bridgehead atoms. The van der Waals surface area contributed by atoms with E-state index in [9.17, 15) is 14.4 Å². The zero-order chi connectivity index (χ0) is 20.8. The highest BCUT2D eigenvalue weighted by Gasteiger charge is 2.24. The fourth-order valence-electron chi connectivity index (χ4n) is 3.70. The lowest BCUT2D eigenvalue weighted by Crippen LogP contribution is -2.40. The lowest BCUT2D eigenvalue weighted by Gasteiger charge is -2.31. The molecule has 0 atom stereocenters. The van der Waals surface area contributed by atoms with E-state index in [0.29, 0.717) is 5.56 Å². The third kappa shape index (κ3) is 5.11. The highest BCUT2D eigenvalue weighted by molar-refractivity contribution is 6.14. The van der Waals surface area contributed by atoms with Crippen LogP contribution in [0.1, 0.15) is 63.9 Å². The summed E-state index contributed by atoms with van der Waals surface area (Å²) in [6.45, 7) is 1.62. The van der Waals surface area contributed by atoms with Crippen molar-refractivity contribution < 1.29 is 19.1 Å². The van der Waals surface area contributed by atoms with Crippen LogP contribution in [0.4, 0.5) is 0 Å². The third-order valence-corrected chi connectivity index (χ3v) is 5.55. The van der Waals surface area contributed by atoms with Crippen molar-refractivity contribution in [1.82, 2.24) is 4.90 Å². The maximum Gasteiger partial charge on any atom is 0.339 e. The number of likely N-dealkylation sites (N-methyl/N-ethyl adjacent to an activating group) is 1. The smallest absolute Gasteiger partial charge is 0.339 e. The summed E-state index contributed by atoms with van der Waals surface area (Å²) in [5, 5.41) is 0. The predicted octanol–water partition coefficient (Wildman–Crippen LogP) is 4.17. The van der Waals surface area contributed by atoms with Gasteiger partial charge in [-0.25, -0.2) is 4.79 Å². The third-order valence-electron chi connectivity index (χ3n) is 5.55. The number of carbonyl (C=O) groups excluding carboxylic acids is 3. The highest BCUT2D eigenvalue weighted by atomic mass is 16.5. The van der Waals surface area contributed by atoms with Crippen molar-refractivity contribution >= 4 is 17.7 Å². The number of hydrogen-bond donors (Lipinski definition) is 0. The van der Waals surface area contributed by atoms with Gasteiger partial charge in [-0.2, -0.15) is 0 Å². The molecule has 0 unspecified atom stereocenters. The van der Waals surface area contributed by atoms with Gasteiger partial charge in [0, 0.05) is 24.2 Å². The molecule has 1 saturated carbocycles. The molecule has 0 saturated heterocycles. The molecule has 1 aliphatic rings. The average molecular weight is 393 g/mol. The monoisotopic (exact) mass is 393 g/mol. The van der Waals surface area contributed by atoms with Gasteiger partial charge in [0.05, 0.1) is 5.56 Å². The normalized spacial score (nSPS) is 14.3. The minimum atomic E-state index is -0.661. The lowest BCUT2D eigenvalue weighted by molar-refractivity contribution is -0.135. The molecular formula is C24H27NO4. The van der Waals surface area contributed by atoms with Crippen LogP contribution in [0.3, 0.4) is 0 Å². The Kier molecular flexibility index (Phi) is 6.81. The fourth-order valence-corrected chi connectivity index (χ4v) is 3.70. The first-order valence-corrected chi connectivity index (χ1v) is 10.1. The molecule has 152 valence electrons. The number of ether oxygens (including phenoxy) is 1. The molecule has 2 aromatic carbocycles. The van der Waals surface area contributed by atoms with Crippen LogP contribution in [0.25, 0.3) is 0 Å². The Morgan fingerprint density at radius 1 is 0.931 bits per heavy atom. The second kappa shape index (κ2) is 9.50. The minimum absolute atomic E-state index is 0.172. The average Bonchev–Trinajstić information content (AvgIpc) is 2.77. The molecule has 0 aromatic heterocycles. The second-order valence-electron chi connectivity index (χ2n) is 7.61. The zero-order valence-electron chi connectivity index (χ0n) is 17.0. The van der Waals surface area contributed by atoms with E-state index < -0.39 is 5.97 Å². The van der Waals surface area contributed by atoms with Crippen LogP contribution < -0.4 is 0 Å². The molecule has 1 aliphatic carbocycles. The van der Waals surface area contributed by atoms with Crippen molar-refractivity contribution in [2.24, 2.45) is 0 Å². The van der Waals surface area contributed by atoms with Gasteiger partial charge >= 0.3 is 5.97 Å². The van der Waals surface area contributed by atoms with Crippen molar-refractivity contribution in [2.45, 2.75) is 45.1 Å². The summed E-state index contributed by atoms with van der Waals surface area (Å²) in [7, 11) is 1.76. The van der Waals surface area contributed by atoms with E-state index in [1.807, 2.05) is 19.1 Å². The van der Waals surface area contributed by atoms with Crippen molar-refractivity contribution in [2.75, 3.05) is 13.7 Å². The van der Waals surface area contributed by atoms with E-state index in [1.165, 1.54) is 6.42 Å². The van der Waals surface area contributed by atoms with Crippen molar-refractivity contribution in [1.29, 1.82) is 0 Å². The molecular weight excluding hydrogens is 366 g/mol. The summed E-state index contributed by atoms with van der Waals surface area (Å²) in [5.74, 6) is -1.12. The van der Waals surface area contributed by atoms with Crippen LogP contribution in [0.15, 0.2) is 48.5 Å². The van der Waals surface area contributed by atoms with Gasteiger partial charge in [0.25, 0.3) is 5.91 Å². The lowest BCUT2D eigenvalue weighted by atomic mass is 9.94. The number of rotatable bonds is 6. The van der Waals surface area contributed by atoms with Gasteiger partial charge in [0.2, 0.25) is 0 Å². The first-order valence-electron chi connectivity index (χ1n) is 10.1. The first kappa shape index (κ1) is 20.8. The summed E-state index contributed by atoms with van der Waals surface area (Å²) in [4.78, 5) is 39.6. The highest BCUT2D eigenvalue weighted by Crippen LogP contribution is 2.22. The molecule has 0 N–H and O–H groups in total. The summed E-state index contributed by atoms with van der Waals surface area (Å²) in [5.41, 5.74) is 2.00. The van der Waals surface area contributed by atoms with E-state index in [-0.39, 0.29) is 35.5 Å². The van der Waals surface area contributed by atoms with E-state index in [0.717, 1.165) is 31.2 Å². The number of nitrogens with zero attached hydrogens (tertiary/aromatic N) is 1. The largest absolute Gasteiger partial charge is 0.452 e. The van der Waals surface area contributed by atoms with Crippen LogP contribution in [0.2, 0.25) is 0 Å². The van der Waals surface area contributed by atoms with Crippen LogP contribution in [-0.2, 0) is 9.53 Å². The van der Waals surface area contributed by atoms with Gasteiger partial charge in [0.1, 0.15) is 0 Å². The molecule has 0 radical (unpaired) electrons. The number of hydrogen-bond acceptors (Lipinski definition) is 4. The standard InChI is InChI=1S/C24H27NO4/c1-17-12-14-18(15-13-17)23(27)20-10-6-7-11-21(20)24(28)29-16-22(26)25(2)19-8-4-3-5-9-19/h6-7,10-15,19H,3-5,8-9,16H2,1-2H3. The van der Waals surface area contributed by atoms with Crippen LogP contribution in [0.5, 0.6) is 0 Å². The van der Waals surface area contributed by atoms with Crippen molar-refractivity contribution in [3.63, 3.8) is 0 Å². The number of carbonyl (C=O) groups is 3. The van der Waals surface area contributed by atoms with E-state index in [4.69, 9.17) is 4.74 Å². The number of esters is 1. The predicted molar refractivity (Wildman–Crippen MR) is 111 cm³/mol.